The molecular weight excluding hydrogens is 214 g/mol. The number of carboxylic acid groups (broad SMARTS) is 1. The Hall–Kier alpha value is -1.72. The molecule has 0 aliphatic carbocycles. The molecule has 0 fully saturated rings. The monoisotopic (exact) mass is 229 g/mol. The maximum absolute atomic E-state index is 11.7. The number of hydrogen-bond donors (Lipinski definition) is 1. The first-order valence-electron chi connectivity index (χ1n) is 5.03. The van der Waals surface area contributed by atoms with Gasteiger partial charge in [-0.3, -0.25) is 9.59 Å². The van der Waals surface area contributed by atoms with Gasteiger partial charge < -0.3 is 19.5 Å². The number of carbonyl (C=O) groups is 2. The van der Waals surface area contributed by atoms with Crippen molar-refractivity contribution >= 4 is 11.9 Å². The van der Waals surface area contributed by atoms with Crippen LogP contribution in [0.2, 0.25) is 0 Å². The Morgan fingerprint density at radius 2 is 2.25 bits per heavy atom. The largest absolute Gasteiger partial charge is 0.494 e. The van der Waals surface area contributed by atoms with E-state index < -0.39 is 5.97 Å². The summed E-state index contributed by atoms with van der Waals surface area (Å²) in [6.07, 6.45) is 1.76. The molecule has 0 aromatic heterocycles. The Balaban J connectivity index is 2.35. The zero-order valence-corrected chi connectivity index (χ0v) is 9.14. The second-order valence-corrected chi connectivity index (χ2v) is 3.43. The van der Waals surface area contributed by atoms with E-state index in [1.807, 2.05) is 0 Å². The molecule has 0 unspecified atom stereocenters. The fourth-order valence-electron chi connectivity index (χ4n) is 1.24. The number of carbonyl (C=O) groups excluding carboxylic acids is 1. The third kappa shape index (κ3) is 3.80. The van der Waals surface area contributed by atoms with E-state index in [2.05, 4.69) is 0 Å². The molecule has 0 saturated heterocycles. The van der Waals surface area contributed by atoms with E-state index in [0.717, 1.165) is 0 Å². The van der Waals surface area contributed by atoms with Crippen molar-refractivity contribution in [1.82, 2.24) is 4.90 Å². The number of carboxylic acids is 1. The molecule has 1 amide bonds. The molecule has 0 aromatic rings. The molecule has 16 heavy (non-hydrogen) atoms. The summed E-state index contributed by atoms with van der Waals surface area (Å²) >= 11 is 0. The van der Waals surface area contributed by atoms with Crippen molar-refractivity contribution in [2.24, 2.45) is 0 Å². The van der Waals surface area contributed by atoms with Gasteiger partial charge in [0.25, 0.3) is 5.91 Å². The van der Waals surface area contributed by atoms with Gasteiger partial charge in [0.1, 0.15) is 19.5 Å². The molecule has 0 atom stereocenters. The van der Waals surface area contributed by atoms with Crippen molar-refractivity contribution in [3.8, 4) is 0 Å². The van der Waals surface area contributed by atoms with E-state index in [4.69, 9.17) is 14.6 Å². The molecule has 6 heteroatoms. The van der Waals surface area contributed by atoms with E-state index in [-0.39, 0.29) is 18.1 Å². The summed E-state index contributed by atoms with van der Waals surface area (Å²) in [5, 5.41) is 8.45. The summed E-state index contributed by atoms with van der Waals surface area (Å²) < 4.78 is 10.1. The van der Waals surface area contributed by atoms with Crippen LogP contribution in [0.25, 0.3) is 0 Å². The molecule has 0 radical (unpaired) electrons. The maximum atomic E-state index is 11.7. The highest BCUT2D eigenvalue weighted by Gasteiger charge is 2.18. The van der Waals surface area contributed by atoms with E-state index in [1.165, 1.54) is 11.2 Å². The average molecular weight is 229 g/mol. The Bertz CT molecular complexity index is 300. The highest BCUT2D eigenvalue weighted by molar-refractivity contribution is 5.91. The van der Waals surface area contributed by atoms with E-state index >= 15 is 0 Å². The molecule has 1 rings (SSSR count). The first-order valence-corrected chi connectivity index (χ1v) is 5.03. The fraction of sp³-hybridized carbons (Fsp3) is 0.600. The predicted molar refractivity (Wildman–Crippen MR) is 54.5 cm³/mol. The van der Waals surface area contributed by atoms with Crippen molar-refractivity contribution in [2.45, 2.75) is 12.8 Å². The van der Waals surface area contributed by atoms with Crippen LogP contribution in [0.3, 0.4) is 0 Å². The van der Waals surface area contributed by atoms with Crippen LogP contribution in [0.1, 0.15) is 12.8 Å². The zero-order chi connectivity index (χ0) is 12.0. The van der Waals surface area contributed by atoms with Gasteiger partial charge in [0.2, 0.25) is 5.76 Å². The Morgan fingerprint density at radius 1 is 1.50 bits per heavy atom. The summed E-state index contributed by atoms with van der Waals surface area (Å²) in [5.41, 5.74) is 0. The van der Waals surface area contributed by atoms with E-state index in [9.17, 15) is 9.59 Å². The second kappa shape index (κ2) is 5.99. The molecule has 90 valence electrons. The van der Waals surface area contributed by atoms with Crippen LogP contribution in [-0.2, 0) is 19.1 Å². The molecule has 0 spiro atoms. The van der Waals surface area contributed by atoms with Gasteiger partial charge in [0.15, 0.2) is 0 Å². The summed E-state index contributed by atoms with van der Waals surface area (Å²) in [5.74, 6) is -0.980. The third-order valence-electron chi connectivity index (χ3n) is 2.09. The van der Waals surface area contributed by atoms with Crippen LogP contribution in [0, 0.1) is 0 Å². The molecule has 1 N–H and O–H groups in total. The molecule has 1 aliphatic rings. The normalized spacial score (nSPS) is 14.4. The van der Waals surface area contributed by atoms with Gasteiger partial charge in [0.05, 0.1) is 0 Å². The van der Waals surface area contributed by atoms with E-state index in [1.54, 1.807) is 7.05 Å². The van der Waals surface area contributed by atoms with Gasteiger partial charge in [0, 0.05) is 20.0 Å². The van der Waals surface area contributed by atoms with Crippen LogP contribution in [0.4, 0.5) is 0 Å². The number of hydrogen-bond acceptors (Lipinski definition) is 4. The number of amides is 1. The van der Waals surface area contributed by atoms with Crippen LogP contribution in [0.15, 0.2) is 12.0 Å². The lowest BCUT2D eigenvalue weighted by atomic mass is 10.3. The number of likely N-dealkylation sites (N-methyl/N-ethyl adjacent to an activating group) is 1. The highest BCUT2D eigenvalue weighted by Crippen LogP contribution is 2.08. The minimum absolute atomic E-state index is 0.0496. The van der Waals surface area contributed by atoms with Gasteiger partial charge >= 0.3 is 5.97 Å². The molecule has 1 aliphatic heterocycles. The molecule has 6 nitrogen and oxygen atoms in total. The fourth-order valence-corrected chi connectivity index (χ4v) is 1.24. The van der Waals surface area contributed by atoms with Gasteiger partial charge in [-0.25, -0.2) is 0 Å². The lowest BCUT2D eigenvalue weighted by Gasteiger charge is -2.20. The SMILES string of the molecule is CN(CCCC(=O)O)C(=O)C1=COCCO1. The average Bonchev–Trinajstić information content (AvgIpc) is 2.28. The first-order chi connectivity index (χ1) is 7.61. The molecule has 1 heterocycles. The summed E-state index contributed by atoms with van der Waals surface area (Å²) in [7, 11) is 1.60. The lowest BCUT2D eigenvalue weighted by Crippen LogP contribution is -2.31. The van der Waals surface area contributed by atoms with Gasteiger partial charge in [-0.15, -0.1) is 0 Å². The molecular formula is C10H15NO5. The van der Waals surface area contributed by atoms with Crippen molar-refractivity contribution in [3.63, 3.8) is 0 Å². The van der Waals surface area contributed by atoms with Gasteiger partial charge in [-0.1, -0.05) is 0 Å². The molecule has 0 aromatic carbocycles. The summed E-state index contributed by atoms with van der Waals surface area (Å²) in [6.45, 7) is 1.19. The predicted octanol–water partition coefficient (Wildman–Crippen LogP) is 0.198. The third-order valence-corrected chi connectivity index (χ3v) is 2.09. The lowest BCUT2D eigenvalue weighted by molar-refractivity contribution is -0.138. The van der Waals surface area contributed by atoms with Crippen molar-refractivity contribution in [3.05, 3.63) is 12.0 Å². The maximum Gasteiger partial charge on any atom is 0.303 e. The van der Waals surface area contributed by atoms with Crippen molar-refractivity contribution < 1.29 is 24.2 Å². The first kappa shape index (κ1) is 12.4. The quantitative estimate of drug-likeness (QED) is 0.728. The van der Waals surface area contributed by atoms with Crippen LogP contribution in [-0.4, -0.2) is 48.7 Å². The van der Waals surface area contributed by atoms with Crippen LogP contribution >= 0.6 is 0 Å². The summed E-state index contributed by atoms with van der Waals surface area (Å²) in [6, 6.07) is 0. The Morgan fingerprint density at radius 3 is 2.81 bits per heavy atom. The topological polar surface area (TPSA) is 76.1 Å². The Kier molecular flexibility index (Phi) is 4.63. The second-order valence-electron chi connectivity index (χ2n) is 3.43. The zero-order valence-electron chi connectivity index (χ0n) is 9.14. The minimum atomic E-state index is -0.864. The number of ether oxygens (including phenoxy) is 2. The minimum Gasteiger partial charge on any atom is -0.494 e. The highest BCUT2D eigenvalue weighted by atomic mass is 16.6. The van der Waals surface area contributed by atoms with Gasteiger partial charge in [-0.2, -0.15) is 0 Å². The number of nitrogens with zero attached hydrogens (tertiary/aromatic N) is 1. The summed E-state index contributed by atoms with van der Waals surface area (Å²) in [4.78, 5) is 23.4. The van der Waals surface area contributed by atoms with E-state index in [0.29, 0.717) is 26.2 Å². The number of aliphatic carboxylic acids is 1. The van der Waals surface area contributed by atoms with Crippen molar-refractivity contribution in [2.75, 3.05) is 26.8 Å². The standard InChI is InChI=1S/C10H15NO5/c1-11(4-2-3-9(12)13)10(14)8-7-15-5-6-16-8/h7H,2-6H2,1H3,(H,12,13). The molecule has 0 bridgehead atoms. The van der Waals surface area contributed by atoms with Gasteiger partial charge in [-0.05, 0) is 6.42 Å². The van der Waals surface area contributed by atoms with Crippen molar-refractivity contribution in [1.29, 1.82) is 0 Å². The smallest absolute Gasteiger partial charge is 0.303 e. The Labute approximate surface area is 93.4 Å². The molecule has 0 saturated carbocycles. The van der Waals surface area contributed by atoms with Crippen LogP contribution < -0.4 is 0 Å². The number of rotatable bonds is 5. The van der Waals surface area contributed by atoms with Crippen LogP contribution in [0.5, 0.6) is 0 Å².